The van der Waals surface area contributed by atoms with Gasteiger partial charge in [0.2, 0.25) is 11.8 Å². The minimum Gasteiger partial charge on any atom is -0.445 e. The Hall–Kier alpha value is -5.24. The molecule has 8 nitrogen and oxygen atoms in total. The molecule has 41 heavy (non-hydrogen) atoms. The molecule has 0 heterocycles. The molecule has 2 atom stereocenters. The number of hydrogen-bond donors (Lipinski definition) is 3. The van der Waals surface area contributed by atoms with Gasteiger partial charge in [-0.25, -0.2) is 4.79 Å². The predicted molar refractivity (Wildman–Crippen MR) is 155 cm³/mol. The summed E-state index contributed by atoms with van der Waals surface area (Å²) in [6.45, 7) is 0.0407. The van der Waals surface area contributed by atoms with Crippen molar-refractivity contribution in [3.8, 4) is 0 Å². The van der Waals surface area contributed by atoms with Gasteiger partial charge in [-0.3, -0.25) is 14.4 Å². The van der Waals surface area contributed by atoms with Crippen molar-refractivity contribution in [3.63, 3.8) is 0 Å². The molecule has 0 fully saturated rings. The third-order valence-electron chi connectivity index (χ3n) is 6.46. The molecule has 0 spiro atoms. The van der Waals surface area contributed by atoms with Crippen LogP contribution in [0.2, 0.25) is 0 Å². The molecule has 4 aromatic carbocycles. The van der Waals surface area contributed by atoms with Crippen LogP contribution < -0.4 is 16.4 Å². The smallest absolute Gasteiger partial charge is 0.408 e. The average molecular weight is 550 g/mol. The Morgan fingerprint density at radius 3 is 1.66 bits per heavy atom. The topological polar surface area (TPSA) is 128 Å². The molecule has 0 radical (unpaired) electrons. The molecule has 8 heteroatoms. The van der Waals surface area contributed by atoms with Gasteiger partial charge in [0.15, 0.2) is 5.78 Å². The summed E-state index contributed by atoms with van der Waals surface area (Å²) in [6.07, 6.45) is -0.481. The second-order valence-corrected chi connectivity index (χ2v) is 9.51. The maximum absolute atomic E-state index is 13.3. The summed E-state index contributed by atoms with van der Waals surface area (Å²) in [4.78, 5) is 50.9. The number of primary amides is 1. The lowest BCUT2D eigenvalue weighted by molar-refractivity contribution is -0.128. The monoisotopic (exact) mass is 549 g/mol. The first-order valence-electron chi connectivity index (χ1n) is 13.2. The van der Waals surface area contributed by atoms with Crippen LogP contribution in [0.3, 0.4) is 0 Å². The van der Waals surface area contributed by atoms with Crippen LogP contribution in [0.1, 0.15) is 32.6 Å². The number of hydrogen-bond acceptors (Lipinski definition) is 5. The van der Waals surface area contributed by atoms with Crippen molar-refractivity contribution in [2.75, 3.05) is 0 Å². The van der Waals surface area contributed by atoms with Gasteiger partial charge in [0.1, 0.15) is 18.7 Å². The summed E-state index contributed by atoms with van der Waals surface area (Å²) >= 11 is 0. The molecule has 0 aliphatic carbocycles. The van der Waals surface area contributed by atoms with Crippen LogP contribution in [0.15, 0.2) is 115 Å². The van der Waals surface area contributed by atoms with Crippen LogP contribution >= 0.6 is 0 Å². The number of ether oxygens (including phenoxy) is 1. The molecule has 4 aromatic rings. The highest BCUT2D eigenvalue weighted by atomic mass is 16.5. The Morgan fingerprint density at radius 2 is 1.07 bits per heavy atom. The molecular weight excluding hydrogens is 518 g/mol. The third-order valence-corrected chi connectivity index (χ3v) is 6.46. The van der Waals surface area contributed by atoms with E-state index in [0.717, 1.165) is 11.1 Å². The van der Waals surface area contributed by atoms with E-state index < -0.39 is 30.0 Å². The van der Waals surface area contributed by atoms with Crippen molar-refractivity contribution in [1.82, 2.24) is 10.6 Å². The van der Waals surface area contributed by atoms with Gasteiger partial charge in [-0.2, -0.15) is 0 Å². The SMILES string of the molecule is NC(=O)[C@@H](Cc1ccc(C(=O)c2ccccc2)cc1)NC(=O)[C@@H](Cc1ccccc1)NC(=O)OCc1ccccc1. The number of benzene rings is 4. The van der Waals surface area contributed by atoms with Crippen molar-refractivity contribution >= 4 is 23.7 Å². The first-order valence-corrected chi connectivity index (χ1v) is 13.2. The van der Waals surface area contributed by atoms with Crippen molar-refractivity contribution in [2.24, 2.45) is 5.73 Å². The Kier molecular flexibility index (Phi) is 9.98. The van der Waals surface area contributed by atoms with E-state index in [-0.39, 0.29) is 25.2 Å². The Morgan fingerprint density at radius 1 is 0.585 bits per heavy atom. The highest BCUT2D eigenvalue weighted by molar-refractivity contribution is 6.08. The van der Waals surface area contributed by atoms with E-state index in [1.165, 1.54) is 0 Å². The van der Waals surface area contributed by atoms with Gasteiger partial charge in [-0.15, -0.1) is 0 Å². The lowest BCUT2D eigenvalue weighted by Gasteiger charge is -2.22. The van der Waals surface area contributed by atoms with Crippen LogP contribution in [-0.2, 0) is 33.8 Å². The van der Waals surface area contributed by atoms with Crippen LogP contribution in [0.5, 0.6) is 0 Å². The number of nitrogens with two attached hydrogens (primary N) is 1. The lowest BCUT2D eigenvalue weighted by atomic mass is 9.99. The molecule has 208 valence electrons. The molecule has 0 aromatic heterocycles. The van der Waals surface area contributed by atoms with Gasteiger partial charge in [0.25, 0.3) is 0 Å². The second-order valence-electron chi connectivity index (χ2n) is 9.51. The highest BCUT2D eigenvalue weighted by Crippen LogP contribution is 2.13. The molecular formula is C33H31N3O5. The zero-order valence-electron chi connectivity index (χ0n) is 22.4. The van der Waals surface area contributed by atoms with Gasteiger partial charge in [0.05, 0.1) is 0 Å². The minimum absolute atomic E-state index is 0.0407. The van der Waals surface area contributed by atoms with Crippen molar-refractivity contribution in [2.45, 2.75) is 31.5 Å². The van der Waals surface area contributed by atoms with E-state index in [0.29, 0.717) is 16.7 Å². The van der Waals surface area contributed by atoms with Gasteiger partial charge in [-0.1, -0.05) is 115 Å². The number of ketones is 1. The number of amides is 3. The lowest BCUT2D eigenvalue weighted by Crippen LogP contribution is -2.54. The molecule has 0 unspecified atom stereocenters. The predicted octanol–water partition coefficient (Wildman–Crippen LogP) is 3.97. The fourth-order valence-corrected chi connectivity index (χ4v) is 4.25. The zero-order valence-corrected chi connectivity index (χ0v) is 22.4. The van der Waals surface area contributed by atoms with Crippen molar-refractivity contribution in [1.29, 1.82) is 0 Å². The first-order chi connectivity index (χ1) is 19.9. The number of alkyl carbamates (subject to hydrolysis) is 1. The van der Waals surface area contributed by atoms with Crippen LogP contribution in [0, 0.1) is 0 Å². The maximum Gasteiger partial charge on any atom is 0.408 e. The summed E-state index contributed by atoms with van der Waals surface area (Å²) in [5.74, 6) is -1.43. The van der Waals surface area contributed by atoms with Gasteiger partial charge in [0, 0.05) is 24.0 Å². The van der Waals surface area contributed by atoms with Crippen molar-refractivity contribution in [3.05, 3.63) is 143 Å². The molecule has 0 bridgehead atoms. The summed E-state index contributed by atoms with van der Waals surface area (Å²) in [5.41, 5.74) is 9.02. The molecule has 0 saturated carbocycles. The van der Waals surface area contributed by atoms with E-state index in [1.54, 1.807) is 48.5 Å². The number of carbonyl (C=O) groups excluding carboxylic acids is 4. The quantitative estimate of drug-likeness (QED) is 0.231. The van der Waals surface area contributed by atoms with Crippen LogP contribution in [0.4, 0.5) is 4.79 Å². The second kappa shape index (κ2) is 14.2. The van der Waals surface area contributed by atoms with E-state index in [1.807, 2.05) is 66.7 Å². The van der Waals surface area contributed by atoms with Crippen LogP contribution in [-0.4, -0.2) is 35.8 Å². The van der Waals surface area contributed by atoms with Gasteiger partial charge in [-0.05, 0) is 16.7 Å². The van der Waals surface area contributed by atoms with Crippen molar-refractivity contribution < 1.29 is 23.9 Å². The Bertz CT molecular complexity index is 1460. The molecule has 0 aliphatic heterocycles. The van der Waals surface area contributed by atoms with Gasteiger partial charge >= 0.3 is 6.09 Å². The van der Waals surface area contributed by atoms with E-state index >= 15 is 0 Å². The van der Waals surface area contributed by atoms with Crippen LogP contribution in [0.25, 0.3) is 0 Å². The molecule has 0 aliphatic rings. The standard InChI is InChI=1S/C33H31N3O5/c34-31(38)28(20-24-16-18-27(19-17-24)30(37)26-14-8-3-9-15-26)35-32(39)29(21-23-10-4-1-5-11-23)36-33(40)41-22-25-12-6-2-7-13-25/h1-19,28-29H,20-22H2,(H2,34,38)(H,35,39)(H,36,40)/t28-,29-/m1/s1. The summed E-state index contributed by atoms with van der Waals surface area (Å²) in [5, 5.41) is 5.29. The number of carbonyl (C=O) groups is 4. The fourth-order valence-electron chi connectivity index (χ4n) is 4.25. The molecule has 0 saturated heterocycles. The van der Waals surface area contributed by atoms with E-state index in [2.05, 4.69) is 10.6 Å². The average Bonchev–Trinajstić information content (AvgIpc) is 3.00. The molecule has 3 amide bonds. The number of nitrogens with one attached hydrogen (secondary N) is 2. The summed E-state index contributed by atoms with van der Waals surface area (Å²) in [7, 11) is 0. The molecule has 4 rings (SSSR count). The Balaban J connectivity index is 1.42. The largest absolute Gasteiger partial charge is 0.445 e. The van der Waals surface area contributed by atoms with Gasteiger partial charge < -0.3 is 21.1 Å². The normalized spacial score (nSPS) is 12.0. The summed E-state index contributed by atoms with van der Waals surface area (Å²) in [6, 6.07) is 32.0. The zero-order chi connectivity index (χ0) is 29.0. The Labute approximate surface area is 238 Å². The first kappa shape index (κ1) is 28.8. The number of rotatable bonds is 12. The maximum atomic E-state index is 13.3. The fraction of sp³-hybridized carbons (Fsp3) is 0.152. The summed E-state index contributed by atoms with van der Waals surface area (Å²) < 4.78 is 5.31. The van der Waals surface area contributed by atoms with E-state index in [4.69, 9.17) is 10.5 Å². The minimum atomic E-state index is -1.04. The third kappa shape index (κ3) is 8.63. The molecule has 4 N–H and O–H groups in total. The highest BCUT2D eigenvalue weighted by Gasteiger charge is 2.27. The van der Waals surface area contributed by atoms with E-state index in [9.17, 15) is 19.2 Å².